The zero-order chi connectivity index (χ0) is 17.3. The third kappa shape index (κ3) is 3.31. The summed E-state index contributed by atoms with van der Waals surface area (Å²) in [6.45, 7) is 7.38. The van der Waals surface area contributed by atoms with Crippen LogP contribution in [0.4, 0.5) is 0 Å². The zero-order valence-electron chi connectivity index (χ0n) is 14.2. The van der Waals surface area contributed by atoms with Gasteiger partial charge in [0, 0.05) is 17.1 Å². The van der Waals surface area contributed by atoms with Crippen LogP contribution in [0, 0.1) is 5.21 Å². The van der Waals surface area contributed by atoms with Crippen LogP contribution in [0.25, 0.3) is 0 Å². The number of nitrogens with zero attached hydrogens (tertiary/aromatic N) is 2. The Labute approximate surface area is 153 Å². The van der Waals surface area contributed by atoms with Gasteiger partial charge in [-0.05, 0) is 33.3 Å². The molecule has 0 aromatic heterocycles. The minimum absolute atomic E-state index is 0. The maximum absolute atomic E-state index is 12.2. The van der Waals surface area contributed by atoms with Crippen LogP contribution in [0.3, 0.4) is 0 Å². The second-order valence-corrected chi connectivity index (χ2v) is 6.56. The van der Waals surface area contributed by atoms with Crippen LogP contribution < -0.4 is 0 Å². The minimum atomic E-state index is -0.672. The molecule has 2 aromatic carbocycles. The quantitative estimate of drug-likeness (QED) is 0.290. The maximum atomic E-state index is 12.2. The van der Waals surface area contributed by atoms with E-state index < -0.39 is 11.1 Å². The van der Waals surface area contributed by atoms with Gasteiger partial charge in [0.1, 0.15) is 5.54 Å². The minimum Gasteiger partial charge on any atom is -0.715 e. The predicted octanol–water partition coefficient (Wildman–Crippen LogP) is 3.14. The number of carbonyl (C=O) groups excluding carboxylic acids is 1. The monoisotopic (exact) mass is 370 g/mol. The Morgan fingerprint density at radius 2 is 1.54 bits per heavy atom. The van der Waals surface area contributed by atoms with Crippen molar-refractivity contribution >= 4 is 12.1 Å². The van der Waals surface area contributed by atoms with Crippen LogP contribution in [0.1, 0.15) is 43.6 Å². The average Bonchev–Trinajstić information content (AvgIpc) is 3.22. The molecule has 132 valence electrons. The van der Waals surface area contributed by atoms with E-state index in [4.69, 9.17) is 0 Å². The summed E-state index contributed by atoms with van der Waals surface area (Å²) < 4.78 is 0.891. The predicted molar refractivity (Wildman–Crippen MR) is 89.0 cm³/mol. The van der Waals surface area contributed by atoms with E-state index in [0.29, 0.717) is 5.84 Å². The molecule has 0 bridgehead atoms. The van der Waals surface area contributed by atoms with E-state index in [9.17, 15) is 15.2 Å². The van der Waals surface area contributed by atoms with Gasteiger partial charge in [-0.3, -0.25) is 4.74 Å². The third-order valence-corrected chi connectivity index (χ3v) is 4.67. The fraction of sp³-hybridized carbons (Fsp3) is 0.333. The second kappa shape index (κ2) is 7.34. The molecule has 0 fully saturated rings. The summed E-state index contributed by atoms with van der Waals surface area (Å²) in [7, 11) is 0. The molecule has 1 heterocycles. The average molecular weight is 370 g/mol. The van der Waals surface area contributed by atoms with Gasteiger partial charge in [-0.1, -0.05) is 5.56 Å². The van der Waals surface area contributed by atoms with Gasteiger partial charge in [-0.25, -0.2) is 29.5 Å². The summed E-state index contributed by atoms with van der Waals surface area (Å²) in [5.74, 6) is 0.319. The van der Waals surface area contributed by atoms with Gasteiger partial charge in [0.15, 0.2) is 5.54 Å². The second-order valence-electron chi connectivity index (χ2n) is 6.56. The SMILES string of the molecule is CC1(C)N(O)C([c-]2cccc2)=[N+]([O-])C1(C)C.O=C[c-]1cccc1.[Fe]. The number of hydrogen-bond acceptors (Lipinski definition) is 4. The van der Waals surface area contributed by atoms with Gasteiger partial charge in [0.25, 0.3) is 5.84 Å². The largest absolute Gasteiger partial charge is 0.715 e. The van der Waals surface area contributed by atoms with E-state index in [1.165, 1.54) is 0 Å². The molecule has 1 N–H and O–H groups in total. The Balaban J connectivity index is 0.000000304. The van der Waals surface area contributed by atoms with E-state index in [1.54, 1.807) is 12.1 Å². The Morgan fingerprint density at radius 1 is 1.08 bits per heavy atom. The zero-order valence-corrected chi connectivity index (χ0v) is 15.3. The Hall–Kier alpha value is -1.88. The first kappa shape index (κ1) is 20.2. The molecule has 24 heavy (non-hydrogen) atoms. The molecular formula is C18H22FeN2O3-2. The summed E-state index contributed by atoms with van der Waals surface area (Å²) in [6, 6.07) is 14.6. The number of hydrogen-bond donors (Lipinski definition) is 1. The van der Waals surface area contributed by atoms with Crippen LogP contribution >= 0.6 is 0 Å². The molecular weight excluding hydrogens is 348 g/mol. The van der Waals surface area contributed by atoms with Gasteiger partial charge < -0.3 is 10.0 Å². The van der Waals surface area contributed by atoms with Crippen molar-refractivity contribution in [2.45, 2.75) is 38.8 Å². The Bertz CT molecular complexity index is 686. The van der Waals surface area contributed by atoms with Crippen LogP contribution in [0.15, 0.2) is 48.5 Å². The normalized spacial score (nSPS) is 17.8. The molecule has 1 aliphatic rings. The van der Waals surface area contributed by atoms with Crippen molar-refractivity contribution < 1.29 is 31.8 Å². The Kier molecular flexibility index (Phi) is 6.17. The van der Waals surface area contributed by atoms with Gasteiger partial charge >= 0.3 is 0 Å². The molecule has 0 unspecified atom stereocenters. The van der Waals surface area contributed by atoms with E-state index in [-0.39, 0.29) is 17.1 Å². The number of carbonyl (C=O) groups is 1. The first-order valence-electron chi connectivity index (χ1n) is 7.46. The van der Waals surface area contributed by atoms with E-state index in [1.807, 2.05) is 64.1 Å². The summed E-state index contributed by atoms with van der Waals surface area (Å²) in [5, 5.41) is 23.5. The molecule has 0 radical (unpaired) electrons. The third-order valence-electron chi connectivity index (χ3n) is 4.67. The summed E-state index contributed by atoms with van der Waals surface area (Å²) in [4.78, 5) is 9.87. The molecule has 5 nitrogen and oxygen atoms in total. The topological polar surface area (TPSA) is 66.6 Å². The van der Waals surface area contributed by atoms with Crippen molar-refractivity contribution in [2.75, 3.05) is 0 Å². The molecule has 1 aliphatic heterocycles. The van der Waals surface area contributed by atoms with Crippen molar-refractivity contribution in [1.82, 2.24) is 5.06 Å². The van der Waals surface area contributed by atoms with Crippen molar-refractivity contribution in [2.24, 2.45) is 0 Å². The van der Waals surface area contributed by atoms with Crippen LogP contribution in [-0.2, 0) is 17.1 Å². The molecule has 3 rings (SSSR count). The maximum Gasteiger partial charge on any atom is 0.257 e. The molecule has 0 aliphatic carbocycles. The fourth-order valence-corrected chi connectivity index (χ4v) is 2.35. The van der Waals surface area contributed by atoms with Gasteiger partial charge in [-0.2, -0.15) is 24.3 Å². The molecule has 0 spiro atoms. The molecule has 0 saturated heterocycles. The number of aldehydes is 1. The van der Waals surface area contributed by atoms with Crippen molar-refractivity contribution in [3.8, 4) is 0 Å². The smallest absolute Gasteiger partial charge is 0.257 e. The Morgan fingerprint density at radius 3 is 1.88 bits per heavy atom. The number of hydroxylamine groups is 3. The van der Waals surface area contributed by atoms with Gasteiger partial charge in [-0.15, -0.1) is 5.06 Å². The van der Waals surface area contributed by atoms with E-state index in [0.717, 1.165) is 27.2 Å². The van der Waals surface area contributed by atoms with Crippen molar-refractivity contribution in [3.63, 3.8) is 0 Å². The summed E-state index contributed by atoms with van der Waals surface area (Å²) in [6.07, 6.45) is 0.833. The van der Waals surface area contributed by atoms with Crippen molar-refractivity contribution in [3.05, 3.63) is 64.9 Å². The van der Waals surface area contributed by atoms with Crippen LogP contribution in [-0.4, -0.2) is 38.2 Å². The van der Waals surface area contributed by atoms with Crippen LogP contribution in [0.2, 0.25) is 0 Å². The fourth-order valence-electron chi connectivity index (χ4n) is 2.35. The van der Waals surface area contributed by atoms with Gasteiger partial charge in [0.2, 0.25) is 0 Å². The molecule has 2 aromatic rings. The molecule has 6 heteroatoms. The van der Waals surface area contributed by atoms with Crippen molar-refractivity contribution in [1.29, 1.82) is 0 Å². The van der Waals surface area contributed by atoms with Crippen LogP contribution in [0.5, 0.6) is 0 Å². The number of amidine groups is 1. The first-order valence-corrected chi connectivity index (χ1v) is 7.46. The summed E-state index contributed by atoms with van der Waals surface area (Å²) in [5.41, 5.74) is 0.201. The standard InChI is InChI=1S/C12H17N2O2.C6H5O.Fe/c1-11(2)12(3,4)14(16)10(13(11)15)9-7-5-6-8-9;7-5-6-3-1-2-4-6;/h5-8,15H,1-4H3;1-5H;/q2*-1;. The molecule has 0 amide bonds. The van der Waals surface area contributed by atoms with Gasteiger partial charge in [0.05, 0.1) is 6.29 Å². The number of rotatable bonds is 2. The molecule has 0 saturated carbocycles. The summed E-state index contributed by atoms with van der Waals surface area (Å²) >= 11 is 0. The molecule has 0 atom stereocenters. The van der Waals surface area contributed by atoms with E-state index in [2.05, 4.69) is 0 Å². The first-order chi connectivity index (χ1) is 10.7. The van der Waals surface area contributed by atoms with E-state index >= 15 is 0 Å².